The third-order valence-corrected chi connectivity index (χ3v) is 11.2. The van der Waals surface area contributed by atoms with Gasteiger partial charge in [0, 0.05) is 36.3 Å². The zero-order valence-corrected chi connectivity index (χ0v) is 34.2. The molecule has 0 saturated carbocycles. The average molecular weight is 759 g/mol. The predicted molar refractivity (Wildman–Crippen MR) is 236 cm³/mol. The molecular weight excluding hydrogens is 707 g/mol. The molecule has 1 unspecified atom stereocenters. The molecule has 0 aliphatic carbocycles. The third kappa shape index (κ3) is 9.34. The van der Waals surface area contributed by atoms with Crippen LogP contribution in [0.4, 0.5) is 34.1 Å². The number of quaternary nitrogens is 1. The molecule has 290 valence electrons. The Morgan fingerprint density at radius 1 is 0.754 bits per heavy atom. The lowest BCUT2D eigenvalue weighted by Crippen LogP contribution is -2.57. The van der Waals surface area contributed by atoms with Crippen molar-refractivity contribution in [2.45, 2.75) is 47.7 Å². The zero-order chi connectivity index (χ0) is 40.7. The molecule has 0 aromatic heterocycles. The fraction of sp³-hybridized carbons (Fsp3) is 0.229. The minimum Gasteiger partial charge on any atom is -0.505 e. The Labute approximate surface area is 336 Å². The number of hydrogen-bond donors (Lipinski definition) is 2. The second-order valence-electron chi connectivity index (χ2n) is 14.8. The number of phenols is 1. The number of nitrogens with one attached hydrogen (secondary N) is 1. The molecule has 6 aromatic carbocycles. The normalized spacial score (nSPS) is 12.6. The number of carbonyl (C=O) groups is 1. The Morgan fingerprint density at radius 3 is 2.14 bits per heavy atom. The van der Waals surface area contributed by atoms with Gasteiger partial charge in [-0.3, -0.25) is 4.79 Å². The number of azo groups is 2. The van der Waals surface area contributed by atoms with Crippen molar-refractivity contribution < 1.29 is 14.4 Å². The summed E-state index contributed by atoms with van der Waals surface area (Å²) in [6.07, 6.45) is 4.53. The molecule has 6 rings (SSSR count). The molecule has 0 saturated heterocycles. The highest BCUT2D eigenvalue weighted by atomic mass is 16.3. The van der Waals surface area contributed by atoms with Crippen molar-refractivity contribution in [3.8, 4) is 5.75 Å². The largest absolute Gasteiger partial charge is 0.505 e. The Balaban J connectivity index is 1.09. The molecule has 0 radical (unpaired) electrons. The Bertz CT molecular complexity index is 2470. The van der Waals surface area contributed by atoms with Gasteiger partial charge in [-0.1, -0.05) is 42.5 Å². The van der Waals surface area contributed by atoms with Crippen LogP contribution in [0.25, 0.3) is 22.9 Å². The number of amides is 1. The Kier molecular flexibility index (Phi) is 12.4. The average Bonchev–Trinajstić information content (AvgIpc) is 3.22. The fourth-order valence-corrected chi connectivity index (χ4v) is 6.86. The maximum absolute atomic E-state index is 12.7. The van der Waals surface area contributed by atoms with E-state index in [-0.39, 0.29) is 11.7 Å². The highest BCUT2D eigenvalue weighted by Gasteiger charge is 2.29. The van der Waals surface area contributed by atoms with Crippen molar-refractivity contribution >= 4 is 63.0 Å². The number of aromatic hydroxyl groups is 1. The quantitative estimate of drug-likeness (QED) is 0.0530. The van der Waals surface area contributed by atoms with Gasteiger partial charge < -0.3 is 19.8 Å². The van der Waals surface area contributed by atoms with Gasteiger partial charge in [0.1, 0.15) is 5.69 Å². The molecule has 0 bridgehead atoms. The van der Waals surface area contributed by atoms with E-state index in [0.717, 1.165) is 67.8 Å². The number of aryl methyl sites for hydroxylation is 3. The van der Waals surface area contributed by atoms with E-state index < -0.39 is 0 Å². The lowest BCUT2D eigenvalue weighted by molar-refractivity contribution is -0.927. The van der Waals surface area contributed by atoms with Crippen LogP contribution in [0.2, 0.25) is 0 Å². The van der Waals surface area contributed by atoms with Crippen LogP contribution in [0.1, 0.15) is 58.9 Å². The molecular formula is C48H52N7O2+. The lowest BCUT2D eigenvalue weighted by Gasteiger charge is -2.43. The van der Waals surface area contributed by atoms with Gasteiger partial charge in [-0.2, -0.15) is 15.3 Å². The van der Waals surface area contributed by atoms with Gasteiger partial charge in [0.15, 0.2) is 11.9 Å². The molecule has 0 fully saturated rings. The van der Waals surface area contributed by atoms with Crippen molar-refractivity contribution in [3.63, 3.8) is 0 Å². The summed E-state index contributed by atoms with van der Waals surface area (Å²) in [7, 11) is 4.46. The molecule has 0 aliphatic rings. The van der Waals surface area contributed by atoms with Gasteiger partial charge in [-0.25, -0.2) is 0 Å². The summed E-state index contributed by atoms with van der Waals surface area (Å²) in [4.78, 5) is 15.0. The molecule has 0 spiro atoms. The maximum Gasteiger partial charge on any atom is 0.255 e. The van der Waals surface area contributed by atoms with Crippen LogP contribution in [0.5, 0.6) is 5.75 Å². The summed E-state index contributed by atoms with van der Waals surface area (Å²) in [5, 5.41) is 33.5. The third-order valence-electron chi connectivity index (χ3n) is 11.2. The minimum absolute atomic E-state index is 0.0448. The van der Waals surface area contributed by atoms with Crippen LogP contribution in [0.15, 0.2) is 136 Å². The van der Waals surface area contributed by atoms with Crippen LogP contribution in [-0.2, 0) is 0 Å². The number of fused-ring (bicyclic) bond motifs is 1. The lowest BCUT2D eigenvalue weighted by atomic mass is 10.0. The molecule has 1 amide bonds. The van der Waals surface area contributed by atoms with E-state index in [1.807, 2.05) is 80.6 Å². The zero-order valence-electron chi connectivity index (χ0n) is 34.2. The maximum atomic E-state index is 12.7. The first-order valence-corrected chi connectivity index (χ1v) is 19.4. The molecule has 9 heteroatoms. The second kappa shape index (κ2) is 17.6. The molecule has 9 nitrogen and oxygen atoms in total. The number of hydrogen-bond acceptors (Lipinski definition) is 7. The van der Waals surface area contributed by atoms with E-state index >= 15 is 0 Å². The van der Waals surface area contributed by atoms with E-state index in [9.17, 15) is 9.90 Å². The SMILES string of the molecule is CC[N+](C)(CC)C(C)N(C)c1ccc(N=Nc2ccc(C=Cc3ccc(N=Nc4c(C)cc5cc(NC(=O)c6ccccc6)ccc5c4O)c(C)c3)c(C)c2)cc1. The van der Waals surface area contributed by atoms with Crippen molar-refractivity contribution in [2.24, 2.45) is 20.5 Å². The molecule has 6 aromatic rings. The molecule has 0 aliphatic heterocycles. The minimum atomic E-state index is -0.195. The van der Waals surface area contributed by atoms with Gasteiger partial charge in [0.25, 0.3) is 5.91 Å². The summed E-state index contributed by atoms with van der Waals surface area (Å²) in [6.45, 7) is 14.9. The van der Waals surface area contributed by atoms with E-state index in [1.165, 1.54) is 0 Å². The topological polar surface area (TPSA) is 102 Å². The summed E-state index contributed by atoms with van der Waals surface area (Å²) >= 11 is 0. The standard InChI is InChI=1S/C48H51N7O2/c1-9-55(8,10-2)35(6)54(7)43-24-21-40(22-25-43)50-51-42-20-19-37(32(3)30-42)18-16-36-17-27-45(33(4)28-36)52-53-46-34(5)29-39-31-41(23-26-44(39)47(46)56)49-48(57)38-14-12-11-13-15-38/h11-31,35H,9-10H2,1-8H3,(H-,49,50,52,56,57)/p+1. The van der Waals surface area contributed by atoms with E-state index in [0.29, 0.717) is 34.2 Å². The van der Waals surface area contributed by atoms with E-state index in [1.54, 1.807) is 24.3 Å². The molecule has 1 atom stereocenters. The molecule has 2 N–H and O–H groups in total. The van der Waals surface area contributed by atoms with Gasteiger partial charge in [-0.05, 0) is 153 Å². The molecule has 0 heterocycles. The Morgan fingerprint density at radius 2 is 1.46 bits per heavy atom. The first-order chi connectivity index (χ1) is 27.4. The van der Waals surface area contributed by atoms with Gasteiger partial charge in [0.05, 0.1) is 37.2 Å². The first-order valence-electron chi connectivity index (χ1n) is 19.4. The summed E-state index contributed by atoms with van der Waals surface area (Å²) in [5.74, 6) is -0.150. The smallest absolute Gasteiger partial charge is 0.255 e. The van der Waals surface area contributed by atoms with Crippen molar-refractivity contribution in [2.75, 3.05) is 37.4 Å². The Hall–Kier alpha value is -6.45. The summed E-state index contributed by atoms with van der Waals surface area (Å²) in [6, 6.07) is 36.7. The summed E-state index contributed by atoms with van der Waals surface area (Å²) < 4.78 is 0.977. The number of phenolic OH excluding ortho intramolecular Hbond substituents is 1. The fourth-order valence-electron chi connectivity index (χ4n) is 6.86. The van der Waals surface area contributed by atoms with Crippen LogP contribution < -0.4 is 10.2 Å². The monoisotopic (exact) mass is 758 g/mol. The number of carbonyl (C=O) groups excluding carboxylic acids is 1. The van der Waals surface area contributed by atoms with Crippen molar-refractivity contribution in [1.82, 2.24) is 0 Å². The van der Waals surface area contributed by atoms with Gasteiger partial charge in [0.2, 0.25) is 0 Å². The van der Waals surface area contributed by atoms with Crippen LogP contribution >= 0.6 is 0 Å². The van der Waals surface area contributed by atoms with Crippen LogP contribution in [0, 0.1) is 20.8 Å². The highest BCUT2D eigenvalue weighted by Crippen LogP contribution is 2.40. The number of rotatable bonds is 13. The first kappa shape index (κ1) is 40.2. The second-order valence-corrected chi connectivity index (χ2v) is 14.8. The summed E-state index contributed by atoms with van der Waals surface area (Å²) in [5.41, 5.74) is 10.1. The van der Waals surface area contributed by atoms with Crippen LogP contribution in [-0.4, -0.2) is 48.8 Å². The van der Waals surface area contributed by atoms with E-state index in [2.05, 4.69) is 109 Å². The van der Waals surface area contributed by atoms with Gasteiger partial charge >= 0.3 is 0 Å². The predicted octanol–water partition coefficient (Wildman–Crippen LogP) is 13.0. The number of benzene rings is 6. The van der Waals surface area contributed by atoms with Crippen LogP contribution in [0.3, 0.4) is 0 Å². The van der Waals surface area contributed by atoms with Gasteiger partial charge in [-0.15, -0.1) is 5.11 Å². The van der Waals surface area contributed by atoms with E-state index in [4.69, 9.17) is 0 Å². The van der Waals surface area contributed by atoms with Crippen molar-refractivity contribution in [1.29, 1.82) is 0 Å². The highest BCUT2D eigenvalue weighted by molar-refractivity contribution is 6.06. The molecule has 57 heavy (non-hydrogen) atoms. The van der Waals surface area contributed by atoms with Crippen molar-refractivity contribution in [3.05, 3.63) is 149 Å². The number of nitrogens with zero attached hydrogens (tertiary/aromatic N) is 6. The number of anilines is 2.